The largest absolute Gasteiger partial charge is 0.507 e. The molecular formula is C21H35NO4. The van der Waals surface area contributed by atoms with Gasteiger partial charge in [0.15, 0.2) is 0 Å². The number of aliphatic hydroxyl groups excluding tert-OH is 2. The number of carbonyl (C=O) groups excluding carboxylic acids is 1. The van der Waals surface area contributed by atoms with Gasteiger partial charge in [0, 0.05) is 13.0 Å². The minimum Gasteiger partial charge on any atom is -0.507 e. The molecule has 0 aliphatic heterocycles. The highest BCUT2D eigenvalue weighted by atomic mass is 16.3. The molecule has 5 heteroatoms. The van der Waals surface area contributed by atoms with Crippen molar-refractivity contribution in [2.24, 2.45) is 0 Å². The minimum absolute atomic E-state index is 0.0829. The van der Waals surface area contributed by atoms with E-state index in [2.05, 4.69) is 0 Å². The van der Waals surface area contributed by atoms with E-state index in [-0.39, 0.29) is 24.5 Å². The number of rotatable bonds is 8. The summed E-state index contributed by atoms with van der Waals surface area (Å²) in [5.74, 6) is 0.230. The number of hydrogen-bond acceptors (Lipinski definition) is 4. The topological polar surface area (TPSA) is 81.0 Å². The molecule has 0 atom stereocenters. The molecule has 1 amide bonds. The van der Waals surface area contributed by atoms with Crippen LogP contribution in [0.1, 0.15) is 64.2 Å². The molecular weight excluding hydrogens is 330 g/mol. The van der Waals surface area contributed by atoms with Crippen molar-refractivity contribution in [3.63, 3.8) is 0 Å². The summed E-state index contributed by atoms with van der Waals surface area (Å²) in [6, 6.07) is 3.89. The molecule has 0 unspecified atom stereocenters. The Morgan fingerprint density at radius 2 is 1.69 bits per heavy atom. The third-order valence-electron chi connectivity index (χ3n) is 5.23. The number of aromatic hydroxyl groups is 1. The molecule has 0 bridgehead atoms. The Balaban J connectivity index is 3.01. The van der Waals surface area contributed by atoms with Crippen molar-refractivity contribution in [2.75, 3.05) is 19.8 Å². The van der Waals surface area contributed by atoms with Crippen molar-refractivity contribution in [3.05, 3.63) is 28.8 Å². The number of aryl methyl sites for hydroxylation is 2. The molecule has 0 radical (unpaired) electrons. The lowest BCUT2D eigenvalue weighted by Crippen LogP contribution is -2.56. The monoisotopic (exact) mass is 365 g/mol. The van der Waals surface area contributed by atoms with E-state index in [1.807, 2.05) is 53.7 Å². The van der Waals surface area contributed by atoms with Crippen molar-refractivity contribution in [2.45, 2.75) is 71.8 Å². The number of amides is 1. The second-order valence-electron chi connectivity index (χ2n) is 8.09. The van der Waals surface area contributed by atoms with Crippen LogP contribution in [0.2, 0.25) is 0 Å². The molecule has 3 N–H and O–H groups in total. The van der Waals surface area contributed by atoms with E-state index < -0.39 is 5.54 Å². The van der Waals surface area contributed by atoms with Crippen LogP contribution in [0.25, 0.3) is 0 Å². The van der Waals surface area contributed by atoms with Gasteiger partial charge in [0.1, 0.15) is 5.75 Å². The van der Waals surface area contributed by atoms with Crippen LogP contribution in [-0.2, 0) is 16.6 Å². The highest BCUT2D eigenvalue weighted by Crippen LogP contribution is 2.34. The van der Waals surface area contributed by atoms with Crippen LogP contribution in [0, 0.1) is 6.92 Å². The maximum Gasteiger partial charge on any atom is 0.223 e. The summed E-state index contributed by atoms with van der Waals surface area (Å²) in [5.41, 5.74) is 1.59. The molecule has 0 heterocycles. The number of aliphatic hydroxyl groups is 2. The van der Waals surface area contributed by atoms with Crippen LogP contribution in [0.4, 0.5) is 0 Å². The van der Waals surface area contributed by atoms with Crippen LogP contribution in [0.15, 0.2) is 12.1 Å². The van der Waals surface area contributed by atoms with E-state index in [0.717, 1.165) is 16.7 Å². The smallest absolute Gasteiger partial charge is 0.223 e. The van der Waals surface area contributed by atoms with Crippen molar-refractivity contribution >= 4 is 5.91 Å². The number of benzene rings is 1. The van der Waals surface area contributed by atoms with Crippen LogP contribution in [0.3, 0.4) is 0 Å². The standard InChI is InChI=1S/C21H35NO4/c1-7-21(13-23,14-24)22(8-2)18(25)10-9-16-11-15(3)19(26)17(12-16)20(4,5)6/h11-12,23-24,26H,7-10,13-14H2,1-6H3. The van der Waals surface area contributed by atoms with Gasteiger partial charge in [0.05, 0.1) is 18.8 Å². The molecule has 5 nitrogen and oxygen atoms in total. The van der Waals surface area contributed by atoms with Crippen LogP contribution < -0.4 is 0 Å². The Morgan fingerprint density at radius 3 is 2.12 bits per heavy atom. The van der Waals surface area contributed by atoms with Crippen molar-refractivity contribution in [1.29, 1.82) is 0 Å². The number of hydrogen-bond donors (Lipinski definition) is 3. The molecule has 0 aromatic heterocycles. The third-order valence-corrected chi connectivity index (χ3v) is 5.23. The summed E-state index contributed by atoms with van der Waals surface area (Å²) in [4.78, 5) is 14.3. The van der Waals surface area contributed by atoms with Crippen molar-refractivity contribution in [1.82, 2.24) is 4.90 Å². The van der Waals surface area contributed by atoms with Crippen molar-refractivity contribution < 1.29 is 20.1 Å². The summed E-state index contributed by atoms with van der Waals surface area (Å²) in [6.07, 6.45) is 1.34. The number of phenols is 1. The lowest BCUT2D eigenvalue weighted by molar-refractivity contribution is -0.142. The maximum absolute atomic E-state index is 12.8. The first-order valence-electron chi connectivity index (χ1n) is 9.41. The molecule has 0 aliphatic rings. The van der Waals surface area contributed by atoms with E-state index >= 15 is 0 Å². The molecule has 1 rings (SSSR count). The first kappa shape index (κ1) is 22.5. The SMILES string of the molecule is CCN(C(=O)CCc1cc(C)c(O)c(C(C)(C)C)c1)C(CC)(CO)CO. The summed E-state index contributed by atoms with van der Waals surface area (Å²) in [5, 5.41) is 29.8. The first-order valence-corrected chi connectivity index (χ1v) is 9.41. The van der Waals surface area contributed by atoms with Gasteiger partial charge < -0.3 is 20.2 Å². The van der Waals surface area contributed by atoms with E-state index in [1.54, 1.807) is 4.90 Å². The fraction of sp³-hybridized carbons (Fsp3) is 0.667. The lowest BCUT2D eigenvalue weighted by Gasteiger charge is -2.40. The fourth-order valence-electron chi connectivity index (χ4n) is 3.37. The highest BCUT2D eigenvalue weighted by Gasteiger charge is 2.36. The predicted molar refractivity (Wildman–Crippen MR) is 104 cm³/mol. The second kappa shape index (κ2) is 8.87. The van der Waals surface area contributed by atoms with E-state index in [4.69, 9.17) is 0 Å². The lowest BCUT2D eigenvalue weighted by atomic mass is 9.83. The molecule has 0 spiro atoms. The summed E-state index contributed by atoms with van der Waals surface area (Å²) in [7, 11) is 0. The van der Waals surface area contributed by atoms with Crippen molar-refractivity contribution in [3.8, 4) is 5.75 Å². The van der Waals surface area contributed by atoms with Crippen LogP contribution in [0.5, 0.6) is 5.75 Å². The van der Waals surface area contributed by atoms with Gasteiger partial charge in [0.25, 0.3) is 0 Å². The van der Waals surface area contributed by atoms with E-state index in [9.17, 15) is 20.1 Å². The van der Waals surface area contributed by atoms with Gasteiger partial charge >= 0.3 is 0 Å². The maximum atomic E-state index is 12.8. The predicted octanol–water partition coefficient (Wildman–Crippen LogP) is 2.91. The average molecular weight is 366 g/mol. The van der Waals surface area contributed by atoms with E-state index in [0.29, 0.717) is 31.6 Å². The van der Waals surface area contributed by atoms with Gasteiger partial charge in [-0.1, -0.05) is 39.8 Å². The average Bonchev–Trinajstić information content (AvgIpc) is 2.59. The minimum atomic E-state index is -0.909. The molecule has 148 valence electrons. The van der Waals surface area contributed by atoms with Gasteiger partial charge in [0.2, 0.25) is 5.91 Å². The molecule has 1 aromatic rings. The zero-order valence-corrected chi connectivity index (χ0v) is 17.1. The molecule has 0 saturated heterocycles. The summed E-state index contributed by atoms with van der Waals surface area (Å²) >= 11 is 0. The Kier molecular flexibility index (Phi) is 7.66. The molecule has 1 aromatic carbocycles. The molecule has 0 aliphatic carbocycles. The molecule has 0 fully saturated rings. The second-order valence-corrected chi connectivity index (χ2v) is 8.09. The molecule has 0 saturated carbocycles. The number of carbonyl (C=O) groups is 1. The Bertz CT molecular complexity index is 607. The van der Waals surface area contributed by atoms with Gasteiger partial charge in [-0.3, -0.25) is 4.79 Å². The Morgan fingerprint density at radius 1 is 1.12 bits per heavy atom. The first-order chi connectivity index (χ1) is 12.1. The fourth-order valence-corrected chi connectivity index (χ4v) is 3.37. The van der Waals surface area contributed by atoms with E-state index in [1.165, 1.54) is 0 Å². The zero-order chi connectivity index (χ0) is 20.1. The zero-order valence-electron chi connectivity index (χ0n) is 17.1. The number of nitrogens with zero attached hydrogens (tertiary/aromatic N) is 1. The number of likely N-dealkylation sites (N-methyl/N-ethyl adjacent to an activating group) is 1. The van der Waals surface area contributed by atoms with Crippen LogP contribution >= 0.6 is 0 Å². The Labute approximate surface area is 157 Å². The Hall–Kier alpha value is -1.59. The quantitative estimate of drug-likeness (QED) is 0.662. The summed E-state index contributed by atoms with van der Waals surface area (Å²) in [6.45, 7) is 11.7. The van der Waals surface area contributed by atoms with Gasteiger partial charge in [-0.05, 0) is 48.8 Å². The van der Waals surface area contributed by atoms with Crippen LogP contribution in [-0.4, -0.2) is 51.4 Å². The normalized spacial score (nSPS) is 12.3. The highest BCUT2D eigenvalue weighted by molar-refractivity contribution is 5.77. The van der Waals surface area contributed by atoms with Gasteiger partial charge in [-0.25, -0.2) is 0 Å². The van der Waals surface area contributed by atoms with Gasteiger partial charge in [-0.15, -0.1) is 0 Å². The van der Waals surface area contributed by atoms with Gasteiger partial charge in [-0.2, -0.15) is 0 Å². The third kappa shape index (κ3) is 4.77. The number of phenolic OH excluding ortho intramolecular Hbond substituents is 1. The molecule has 26 heavy (non-hydrogen) atoms. The summed E-state index contributed by atoms with van der Waals surface area (Å²) < 4.78 is 0.